The molecule has 0 radical (unpaired) electrons. The van der Waals surface area contributed by atoms with Gasteiger partial charge in [0.15, 0.2) is 0 Å². The summed E-state index contributed by atoms with van der Waals surface area (Å²) in [6, 6.07) is 17.1. The Bertz CT molecular complexity index is 817. The number of aromatic nitrogens is 1. The van der Waals surface area contributed by atoms with E-state index in [1.165, 1.54) is 33.5 Å². The number of ether oxygens (including phenoxy) is 1. The van der Waals surface area contributed by atoms with E-state index in [-0.39, 0.29) is 0 Å². The fraction of sp³-hybridized carbons (Fsp3) is 0.238. The Labute approximate surface area is 137 Å². The highest BCUT2D eigenvalue weighted by atomic mass is 16.5. The maximum Gasteiger partial charge on any atom is 0.119 e. The van der Waals surface area contributed by atoms with Gasteiger partial charge in [-0.3, -0.25) is 0 Å². The van der Waals surface area contributed by atoms with E-state index in [2.05, 4.69) is 59.7 Å². The summed E-state index contributed by atoms with van der Waals surface area (Å²) in [6.45, 7) is 0. The van der Waals surface area contributed by atoms with E-state index >= 15 is 0 Å². The number of hydrogen-bond acceptors (Lipinski definition) is 1. The lowest BCUT2D eigenvalue weighted by molar-refractivity contribution is 0.414. The maximum absolute atomic E-state index is 5.35. The van der Waals surface area contributed by atoms with Crippen molar-refractivity contribution in [2.45, 2.75) is 25.7 Å². The van der Waals surface area contributed by atoms with E-state index in [1.54, 1.807) is 7.11 Å². The Morgan fingerprint density at radius 2 is 1.87 bits per heavy atom. The minimum atomic E-state index is 0.947. The minimum Gasteiger partial charge on any atom is -0.497 e. The zero-order chi connectivity index (χ0) is 15.6. The zero-order valence-electron chi connectivity index (χ0n) is 13.4. The van der Waals surface area contributed by atoms with Crippen molar-refractivity contribution in [1.29, 1.82) is 0 Å². The van der Waals surface area contributed by atoms with Crippen molar-refractivity contribution in [3.8, 4) is 17.0 Å². The lowest BCUT2D eigenvalue weighted by Crippen LogP contribution is -2.05. The maximum atomic E-state index is 5.35. The van der Waals surface area contributed by atoms with Crippen LogP contribution in [0.3, 0.4) is 0 Å². The quantitative estimate of drug-likeness (QED) is 0.750. The minimum absolute atomic E-state index is 0.947. The number of methoxy groups -OCH3 is 1. The van der Waals surface area contributed by atoms with Crippen molar-refractivity contribution in [3.05, 3.63) is 77.0 Å². The molecule has 2 nitrogen and oxygen atoms in total. The number of aromatic amines is 1. The second kappa shape index (κ2) is 5.96. The second-order valence-electron chi connectivity index (χ2n) is 6.18. The highest BCUT2D eigenvalue weighted by Gasteiger charge is 2.20. The van der Waals surface area contributed by atoms with Crippen LogP contribution in [-0.2, 0) is 25.7 Å². The number of benzene rings is 2. The van der Waals surface area contributed by atoms with Crippen LogP contribution in [0.25, 0.3) is 11.3 Å². The number of nitrogens with one attached hydrogen (secondary N) is 1. The molecule has 23 heavy (non-hydrogen) atoms. The Morgan fingerprint density at radius 1 is 1.00 bits per heavy atom. The third-order valence-electron chi connectivity index (χ3n) is 4.83. The molecule has 1 N–H and O–H groups in total. The van der Waals surface area contributed by atoms with Crippen molar-refractivity contribution < 1.29 is 4.74 Å². The van der Waals surface area contributed by atoms with Gasteiger partial charge < -0.3 is 9.72 Å². The summed E-state index contributed by atoms with van der Waals surface area (Å²) in [5.74, 6) is 0.947. The standard InChI is InChI=1S/C21H21NO/c1-23-18-10-12-19-16(13-18)9-11-20-17(14-22-21(19)20)8-7-15-5-3-2-4-6-15/h2-6,10,12-14,22H,7-9,11H2,1H3. The summed E-state index contributed by atoms with van der Waals surface area (Å²) in [7, 11) is 1.73. The first-order valence-corrected chi connectivity index (χ1v) is 8.25. The molecule has 0 unspecified atom stereocenters. The van der Waals surface area contributed by atoms with E-state index in [0.29, 0.717) is 0 Å². The summed E-state index contributed by atoms with van der Waals surface area (Å²) in [6.07, 6.45) is 6.60. The monoisotopic (exact) mass is 303 g/mol. The molecule has 0 amide bonds. The van der Waals surface area contributed by atoms with Gasteiger partial charge in [0.05, 0.1) is 7.11 Å². The molecular formula is C21H21NO. The van der Waals surface area contributed by atoms with Gasteiger partial charge in [0.2, 0.25) is 0 Å². The molecule has 0 saturated heterocycles. The molecule has 2 heteroatoms. The predicted molar refractivity (Wildman–Crippen MR) is 94.0 cm³/mol. The number of rotatable bonds is 4. The molecule has 0 spiro atoms. The van der Waals surface area contributed by atoms with Crippen molar-refractivity contribution in [1.82, 2.24) is 4.98 Å². The molecule has 0 bridgehead atoms. The van der Waals surface area contributed by atoms with Crippen LogP contribution in [0.1, 0.15) is 22.3 Å². The van der Waals surface area contributed by atoms with E-state index in [0.717, 1.165) is 31.4 Å². The van der Waals surface area contributed by atoms with Gasteiger partial charge in [0.25, 0.3) is 0 Å². The van der Waals surface area contributed by atoms with Crippen molar-refractivity contribution in [2.75, 3.05) is 7.11 Å². The number of H-pyrrole nitrogens is 1. The first-order valence-electron chi connectivity index (χ1n) is 8.25. The van der Waals surface area contributed by atoms with Gasteiger partial charge >= 0.3 is 0 Å². The summed E-state index contributed by atoms with van der Waals surface area (Å²) >= 11 is 0. The molecule has 1 aliphatic carbocycles. The van der Waals surface area contributed by atoms with Crippen LogP contribution >= 0.6 is 0 Å². The van der Waals surface area contributed by atoms with Crippen LogP contribution in [0, 0.1) is 0 Å². The van der Waals surface area contributed by atoms with Crippen molar-refractivity contribution in [2.24, 2.45) is 0 Å². The third-order valence-corrected chi connectivity index (χ3v) is 4.83. The Balaban J connectivity index is 1.60. The van der Waals surface area contributed by atoms with Crippen molar-refractivity contribution in [3.63, 3.8) is 0 Å². The number of aryl methyl sites for hydroxylation is 3. The molecule has 1 aliphatic rings. The normalized spacial score (nSPS) is 12.6. The molecular weight excluding hydrogens is 282 g/mol. The Hall–Kier alpha value is -2.48. The lowest BCUT2D eigenvalue weighted by Gasteiger charge is -2.18. The van der Waals surface area contributed by atoms with Crippen LogP contribution in [0.5, 0.6) is 5.75 Å². The lowest BCUT2D eigenvalue weighted by atomic mass is 9.87. The molecule has 0 saturated carbocycles. The van der Waals surface area contributed by atoms with Gasteiger partial charge in [-0.15, -0.1) is 0 Å². The predicted octanol–water partition coefficient (Wildman–Crippen LogP) is 4.57. The first-order chi connectivity index (χ1) is 11.3. The van der Waals surface area contributed by atoms with E-state index in [1.807, 2.05) is 0 Å². The fourth-order valence-corrected chi connectivity index (χ4v) is 3.57. The van der Waals surface area contributed by atoms with E-state index < -0.39 is 0 Å². The molecule has 1 heterocycles. The van der Waals surface area contributed by atoms with E-state index in [9.17, 15) is 0 Å². The average Bonchev–Trinajstić information content (AvgIpc) is 3.03. The van der Waals surface area contributed by atoms with Gasteiger partial charge in [-0.1, -0.05) is 30.3 Å². The molecule has 116 valence electrons. The highest BCUT2D eigenvalue weighted by molar-refractivity contribution is 5.72. The van der Waals surface area contributed by atoms with Crippen LogP contribution in [0.15, 0.2) is 54.7 Å². The van der Waals surface area contributed by atoms with Gasteiger partial charge in [-0.05, 0) is 66.1 Å². The van der Waals surface area contributed by atoms with Gasteiger partial charge in [0, 0.05) is 17.5 Å². The molecule has 0 aliphatic heterocycles. The highest BCUT2D eigenvalue weighted by Crippen LogP contribution is 2.36. The summed E-state index contributed by atoms with van der Waals surface area (Å²) < 4.78 is 5.35. The van der Waals surface area contributed by atoms with Gasteiger partial charge in [-0.25, -0.2) is 0 Å². The molecule has 0 fully saturated rings. The molecule has 1 aromatic heterocycles. The summed E-state index contributed by atoms with van der Waals surface area (Å²) in [5.41, 5.74) is 8.38. The van der Waals surface area contributed by atoms with E-state index in [4.69, 9.17) is 4.74 Å². The van der Waals surface area contributed by atoms with Crippen LogP contribution < -0.4 is 4.74 Å². The largest absolute Gasteiger partial charge is 0.497 e. The molecule has 3 aromatic rings. The third kappa shape index (κ3) is 2.65. The van der Waals surface area contributed by atoms with Crippen LogP contribution in [-0.4, -0.2) is 12.1 Å². The Morgan fingerprint density at radius 3 is 2.70 bits per heavy atom. The second-order valence-corrected chi connectivity index (χ2v) is 6.18. The zero-order valence-corrected chi connectivity index (χ0v) is 13.4. The molecule has 4 rings (SSSR count). The molecule has 2 aromatic carbocycles. The van der Waals surface area contributed by atoms with Crippen molar-refractivity contribution >= 4 is 0 Å². The van der Waals surface area contributed by atoms with Gasteiger partial charge in [0.1, 0.15) is 5.75 Å². The smallest absolute Gasteiger partial charge is 0.119 e. The summed E-state index contributed by atoms with van der Waals surface area (Å²) in [4.78, 5) is 3.52. The summed E-state index contributed by atoms with van der Waals surface area (Å²) in [5, 5.41) is 0. The molecule has 0 atom stereocenters. The first kappa shape index (κ1) is 14.1. The topological polar surface area (TPSA) is 25.0 Å². The number of fused-ring (bicyclic) bond motifs is 3. The number of hydrogen-bond donors (Lipinski definition) is 1. The SMILES string of the molecule is COc1ccc2c(c1)CCc1c(CCc3ccccc3)c[nH]c1-2. The fourth-order valence-electron chi connectivity index (χ4n) is 3.57. The average molecular weight is 303 g/mol. The van der Waals surface area contributed by atoms with Crippen LogP contribution in [0.2, 0.25) is 0 Å². The van der Waals surface area contributed by atoms with Crippen LogP contribution in [0.4, 0.5) is 0 Å². The Kier molecular flexibility index (Phi) is 3.66. The van der Waals surface area contributed by atoms with Gasteiger partial charge in [-0.2, -0.15) is 0 Å².